The molecule has 2 N–H and O–H groups in total. The third-order valence-corrected chi connectivity index (χ3v) is 6.95. The molecule has 1 saturated heterocycles. The van der Waals surface area contributed by atoms with Crippen molar-refractivity contribution in [3.63, 3.8) is 0 Å². The molecule has 37 heavy (non-hydrogen) atoms. The van der Waals surface area contributed by atoms with E-state index in [1.54, 1.807) is 36.4 Å². The number of halogens is 1. The normalized spacial score (nSPS) is 18.5. The lowest BCUT2D eigenvalue weighted by molar-refractivity contribution is -0.139. The molecule has 1 fully saturated rings. The van der Waals surface area contributed by atoms with Gasteiger partial charge in [-0.2, -0.15) is 5.26 Å². The molecule has 0 aromatic heterocycles. The maximum atomic E-state index is 13.2. The molecule has 9 nitrogen and oxygen atoms in total. The van der Waals surface area contributed by atoms with Gasteiger partial charge in [0.15, 0.2) is 0 Å². The number of hydrogen-bond donors (Lipinski definition) is 1. The number of carbonyl (C=O) groups excluding carboxylic acids is 2. The first-order chi connectivity index (χ1) is 17.8. The van der Waals surface area contributed by atoms with Gasteiger partial charge in [0.25, 0.3) is 0 Å². The molecule has 0 bridgehead atoms. The highest BCUT2D eigenvalue weighted by atomic mass is 35.5. The Hall–Kier alpha value is -4.00. The molecule has 4 rings (SSSR count). The molecule has 0 spiro atoms. The lowest BCUT2D eigenvalue weighted by Crippen LogP contribution is -2.44. The van der Waals surface area contributed by atoms with E-state index in [0.717, 1.165) is 31.9 Å². The predicted octanol–water partition coefficient (Wildman–Crippen LogP) is 2.99. The summed E-state index contributed by atoms with van der Waals surface area (Å²) in [5, 5.41) is 10.5. The van der Waals surface area contributed by atoms with Crippen LogP contribution in [0.1, 0.15) is 11.5 Å². The zero-order valence-corrected chi connectivity index (χ0v) is 21.7. The van der Waals surface area contributed by atoms with Crippen molar-refractivity contribution in [1.82, 2.24) is 4.90 Å². The number of carbonyl (C=O) groups is 2. The van der Waals surface area contributed by atoms with Gasteiger partial charge in [-0.25, -0.2) is 9.59 Å². The maximum Gasteiger partial charge on any atom is 0.355 e. The highest BCUT2D eigenvalue weighted by Crippen LogP contribution is 2.45. The molecule has 0 amide bonds. The summed E-state index contributed by atoms with van der Waals surface area (Å²) >= 11 is 6.76. The molecule has 0 radical (unpaired) electrons. The Balaban J connectivity index is 1.91. The SMILES string of the molecule is COC(=O)C1=C(C(=O)OC)N(c2ccc(N3CCN(C)CC3)cc2Cl)C(N)=C(C#N)C1c1ccccc1. The van der Waals surface area contributed by atoms with Crippen LogP contribution in [-0.2, 0) is 19.1 Å². The Morgan fingerprint density at radius 3 is 2.24 bits per heavy atom. The Labute approximate surface area is 220 Å². The number of hydrogen-bond acceptors (Lipinski definition) is 9. The van der Waals surface area contributed by atoms with E-state index in [0.29, 0.717) is 16.3 Å². The van der Waals surface area contributed by atoms with Crippen LogP contribution in [0.25, 0.3) is 0 Å². The van der Waals surface area contributed by atoms with Crippen LogP contribution in [0.4, 0.5) is 11.4 Å². The van der Waals surface area contributed by atoms with Crippen molar-refractivity contribution < 1.29 is 19.1 Å². The Morgan fingerprint density at radius 2 is 1.68 bits per heavy atom. The highest BCUT2D eigenvalue weighted by molar-refractivity contribution is 6.34. The van der Waals surface area contributed by atoms with Crippen molar-refractivity contribution in [3.8, 4) is 6.07 Å². The summed E-state index contributed by atoms with van der Waals surface area (Å²) in [6, 6.07) is 16.4. The number of ether oxygens (including phenoxy) is 2. The van der Waals surface area contributed by atoms with Gasteiger partial charge in [0.2, 0.25) is 0 Å². The van der Waals surface area contributed by atoms with E-state index in [4.69, 9.17) is 26.8 Å². The van der Waals surface area contributed by atoms with E-state index in [1.807, 2.05) is 12.1 Å². The van der Waals surface area contributed by atoms with Gasteiger partial charge in [0.1, 0.15) is 11.5 Å². The van der Waals surface area contributed by atoms with Gasteiger partial charge in [0, 0.05) is 31.9 Å². The van der Waals surface area contributed by atoms with E-state index >= 15 is 0 Å². The lowest BCUT2D eigenvalue weighted by atomic mass is 9.81. The van der Waals surface area contributed by atoms with E-state index < -0.39 is 17.9 Å². The summed E-state index contributed by atoms with van der Waals surface area (Å²) in [6.07, 6.45) is 0. The minimum atomic E-state index is -0.938. The Kier molecular flexibility index (Phi) is 7.71. The third-order valence-electron chi connectivity index (χ3n) is 6.65. The van der Waals surface area contributed by atoms with Gasteiger partial charge in [-0.15, -0.1) is 0 Å². The molecular formula is C27H28ClN5O4. The summed E-state index contributed by atoms with van der Waals surface area (Å²) < 4.78 is 10.1. The van der Waals surface area contributed by atoms with E-state index in [2.05, 4.69) is 22.9 Å². The lowest BCUT2D eigenvalue weighted by Gasteiger charge is -2.37. The fourth-order valence-corrected chi connectivity index (χ4v) is 4.96. The molecular weight excluding hydrogens is 494 g/mol. The largest absolute Gasteiger partial charge is 0.466 e. The average Bonchev–Trinajstić information content (AvgIpc) is 2.92. The van der Waals surface area contributed by atoms with Crippen LogP contribution in [-0.4, -0.2) is 64.3 Å². The Bertz CT molecular complexity index is 1310. The number of anilines is 2. The Morgan fingerprint density at radius 1 is 1.03 bits per heavy atom. The van der Waals surface area contributed by atoms with Gasteiger partial charge in [-0.3, -0.25) is 4.90 Å². The molecule has 1 unspecified atom stereocenters. The van der Waals surface area contributed by atoms with Crippen LogP contribution in [0, 0.1) is 11.3 Å². The summed E-state index contributed by atoms with van der Waals surface area (Å²) in [6.45, 7) is 3.53. The number of rotatable bonds is 5. The van der Waals surface area contributed by atoms with E-state index in [-0.39, 0.29) is 22.7 Å². The molecule has 2 aliphatic rings. The number of allylic oxidation sites excluding steroid dienone is 1. The highest BCUT2D eigenvalue weighted by Gasteiger charge is 2.43. The van der Waals surface area contributed by atoms with Crippen molar-refractivity contribution in [2.45, 2.75) is 5.92 Å². The number of nitriles is 1. The van der Waals surface area contributed by atoms with Crippen molar-refractivity contribution in [2.24, 2.45) is 5.73 Å². The molecule has 2 aromatic rings. The quantitative estimate of drug-likeness (QED) is 0.593. The number of likely N-dealkylation sites (N-methyl/N-ethyl adjacent to an activating group) is 1. The number of nitrogens with zero attached hydrogens (tertiary/aromatic N) is 4. The average molecular weight is 522 g/mol. The van der Waals surface area contributed by atoms with Gasteiger partial charge < -0.3 is 25.0 Å². The smallest absolute Gasteiger partial charge is 0.355 e. The van der Waals surface area contributed by atoms with Crippen molar-refractivity contribution >= 4 is 34.9 Å². The second kappa shape index (κ2) is 10.9. The molecule has 0 aliphatic carbocycles. The second-order valence-electron chi connectivity index (χ2n) is 8.76. The molecule has 10 heteroatoms. The zero-order chi connectivity index (χ0) is 26.7. The number of esters is 2. The number of benzene rings is 2. The summed E-state index contributed by atoms with van der Waals surface area (Å²) in [5.41, 5.74) is 8.27. The maximum absolute atomic E-state index is 13.2. The van der Waals surface area contributed by atoms with Gasteiger partial charge in [-0.1, -0.05) is 41.9 Å². The minimum Gasteiger partial charge on any atom is -0.466 e. The van der Waals surface area contributed by atoms with E-state index in [1.165, 1.54) is 19.1 Å². The second-order valence-corrected chi connectivity index (χ2v) is 9.17. The topological polar surface area (TPSA) is 112 Å². The minimum absolute atomic E-state index is 0.0290. The molecule has 2 aromatic carbocycles. The van der Waals surface area contributed by atoms with Crippen molar-refractivity contribution in [2.75, 3.05) is 57.2 Å². The van der Waals surface area contributed by atoms with Crippen molar-refractivity contribution in [3.05, 3.63) is 81.8 Å². The van der Waals surface area contributed by atoms with Gasteiger partial charge >= 0.3 is 11.9 Å². The fraction of sp³-hybridized carbons (Fsp3) is 0.296. The summed E-state index contributed by atoms with van der Waals surface area (Å²) in [7, 11) is 4.49. The molecule has 192 valence electrons. The van der Waals surface area contributed by atoms with Crippen LogP contribution in [0.3, 0.4) is 0 Å². The molecule has 2 aliphatic heterocycles. The number of piperazine rings is 1. The van der Waals surface area contributed by atoms with Gasteiger partial charge in [-0.05, 0) is 30.8 Å². The third kappa shape index (κ3) is 4.86. The zero-order valence-electron chi connectivity index (χ0n) is 20.9. The summed E-state index contributed by atoms with van der Waals surface area (Å²) in [5.74, 6) is -2.57. The first kappa shape index (κ1) is 26.1. The van der Waals surface area contributed by atoms with Crippen LogP contribution in [0.5, 0.6) is 0 Å². The molecule has 0 saturated carbocycles. The van der Waals surface area contributed by atoms with Gasteiger partial charge in [0.05, 0.1) is 48.1 Å². The first-order valence-corrected chi connectivity index (χ1v) is 12.1. The predicted molar refractivity (Wildman–Crippen MR) is 141 cm³/mol. The number of methoxy groups -OCH3 is 2. The summed E-state index contributed by atoms with van der Waals surface area (Å²) in [4.78, 5) is 32.2. The van der Waals surface area contributed by atoms with Crippen LogP contribution in [0.2, 0.25) is 5.02 Å². The van der Waals surface area contributed by atoms with Crippen LogP contribution >= 0.6 is 11.6 Å². The monoisotopic (exact) mass is 521 g/mol. The fourth-order valence-electron chi connectivity index (χ4n) is 4.70. The molecule has 2 heterocycles. The number of nitrogens with two attached hydrogens (primary N) is 1. The first-order valence-electron chi connectivity index (χ1n) is 11.7. The van der Waals surface area contributed by atoms with Crippen LogP contribution < -0.4 is 15.5 Å². The molecule has 1 atom stereocenters. The van der Waals surface area contributed by atoms with Crippen LogP contribution in [0.15, 0.2) is 71.2 Å². The standard InChI is InChI=1S/C27H28ClN5O4/c1-31-11-13-32(14-12-31)18-9-10-21(20(28)15-18)33-24(27(35)37-3)23(26(34)36-2)22(19(16-29)25(33)30)17-7-5-4-6-8-17/h4-10,15,22H,11-14,30H2,1-3H3. The van der Waals surface area contributed by atoms with Crippen molar-refractivity contribution in [1.29, 1.82) is 5.26 Å². The van der Waals surface area contributed by atoms with E-state index in [9.17, 15) is 14.9 Å².